The van der Waals surface area contributed by atoms with Gasteiger partial charge in [0.2, 0.25) is 6.79 Å². The lowest BCUT2D eigenvalue weighted by Gasteiger charge is -2.25. The largest absolute Gasteiger partial charge is 0.454 e. The van der Waals surface area contributed by atoms with Crippen molar-refractivity contribution >= 4 is 17.3 Å². The Balaban J connectivity index is 1.54. The number of nitrogens with one attached hydrogen (secondary N) is 1. The highest BCUT2D eigenvalue weighted by molar-refractivity contribution is 6.11. The zero-order chi connectivity index (χ0) is 20.7. The average molecular weight is 398 g/mol. The van der Waals surface area contributed by atoms with E-state index in [1.807, 2.05) is 91.6 Å². The van der Waals surface area contributed by atoms with Crippen molar-refractivity contribution in [2.24, 2.45) is 0 Å². The van der Waals surface area contributed by atoms with Crippen molar-refractivity contribution in [1.29, 1.82) is 0 Å². The van der Waals surface area contributed by atoms with Crippen molar-refractivity contribution < 1.29 is 14.3 Å². The van der Waals surface area contributed by atoms with E-state index >= 15 is 0 Å². The molecule has 5 rings (SSSR count). The van der Waals surface area contributed by atoms with Crippen molar-refractivity contribution in [2.45, 2.75) is 19.9 Å². The van der Waals surface area contributed by atoms with Gasteiger partial charge in [0.15, 0.2) is 11.5 Å². The number of ether oxygens (including phenoxy) is 2. The SMILES string of the molecule is Cc1ccc(NC2=C[C@@H](c3ccc4c(c3)OCO4)N(c3ccc(C)cc3)C2=O)cc1. The predicted octanol–water partition coefficient (Wildman–Crippen LogP) is 5.12. The van der Waals surface area contributed by atoms with Crippen molar-refractivity contribution in [1.82, 2.24) is 0 Å². The Morgan fingerprint density at radius 3 is 2.27 bits per heavy atom. The number of fused-ring (bicyclic) bond motifs is 1. The van der Waals surface area contributed by atoms with Crippen LogP contribution in [0.3, 0.4) is 0 Å². The third-order valence-corrected chi connectivity index (χ3v) is 5.43. The molecule has 3 aromatic carbocycles. The van der Waals surface area contributed by atoms with Crippen molar-refractivity contribution in [3.8, 4) is 11.5 Å². The maximum absolute atomic E-state index is 13.4. The normalized spacial score (nSPS) is 17.3. The number of carbonyl (C=O) groups is 1. The van der Waals surface area contributed by atoms with E-state index in [4.69, 9.17) is 9.47 Å². The van der Waals surface area contributed by atoms with Gasteiger partial charge in [-0.25, -0.2) is 0 Å². The summed E-state index contributed by atoms with van der Waals surface area (Å²) in [5, 5.41) is 3.29. The van der Waals surface area contributed by atoms with E-state index in [2.05, 4.69) is 5.32 Å². The lowest BCUT2D eigenvalue weighted by Crippen LogP contribution is -2.30. The smallest absolute Gasteiger partial charge is 0.275 e. The lowest BCUT2D eigenvalue weighted by molar-refractivity contribution is -0.114. The molecule has 2 heterocycles. The zero-order valence-corrected chi connectivity index (χ0v) is 16.9. The molecule has 0 unspecified atom stereocenters. The molecule has 5 heteroatoms. The zero-order valence-electron chi connectivity index (χ0n) is 16.9. The lowest BCUT2D eigenvalue weighted by atomic mass is 10.0. The first-order valence-electron chi connectivity index (χ1n) is 9.94. The first kappa shape index (κ1) is 18.3. The number of carbonyl (C=O) groups excluding carboxylic acids is 1. The van der Waals surface area contributed by atoms with Gasteiger partial charge in [-0.05, 0) is 61.9 Å². The summed E-state index contributed by atoms with van der Waals surface area (Å²) in [5.74, 6) is 1.37. The molecule has 1 atom stereocenters. The third-order valence-electron chi connectivity index (χ3n) is 5.43. The maximum Gasteiger partial charge on any atom is 0.275 e. The maximum atomic E-state index is 13.4. The molecular weight excluding hydrogens is 376 g/mol. The highest BCUT2D eigenvalue weighted by atomic mass is 16.7. The second-order valence-corrected chi connectivity index (χ2v) is 7.64. The van der Waals surface area contributed by atoms with E-state index < -0.39 is 0 Å². The summed E-state index contributed by atoms with van der Waals surface area (Å²) < 4.78 is 11.0. The highest BCUT2D eigenvalue weighted by Gasteiger charge is 2.35. The quantitative estimate of drug-likeness (QED) is 0.663. The van der Waals surface area contributed by atoms with Crippen LogP contribution >= 0.6 is 0 Å². The molecule has 0 aliphatic carbocycles. The number of benzene rings is 3. The van der Waals surface area contributed by atoms with Gasteiger partial charge in [-0.15, -0.1) is 0 Å². The molecule has 0 radical (unpaired) electrons. The van der Waals surface area contributed by atoms with Gasteiger partial charge in [0, 0.05) is 11.4 Å². The van der Waals surface area contributed by atoms with Crippen LogP contribution in [0.25, 0.3) is 0 Å². The number of nitrogens with zero attached hydrogens (tertiary/aromatic N) is 1. The van der Waals surface area contributed by atoms with Gasteiger partial charge in [0.05, 0.1) is 6.04 Å². The summed E-state index contributed by atoms with van der Waals surface area (Å²) in [4.78, 5) is 15.2. The number of anilines is 2. The van der Waals surface area contributed by atoms with Crippen LogP contribution in [-0.2, 0) is 4.79 Å². The molecule has 0 aromatic heterocycles. The van der Waals surface area contributed by atoms with E-state index in [0.717, 1.165) is 28.3 Å². The molecule has 30 heavy (non-hydrogen) atoms. The molecule has 0 fully saturated rings. The van der Waals surface area contributed by atoms with Gasteiger partial charge in [0.1, 0.15) is 5.70 Å². The van der Waals surface area contributed by atoms with Crippen LogP contribution in [0.15, 0.2) is 78.5 Å². The molecule has 0 spiro atoms. The molecule has 3 aromatic rings. The van der Waals surface area contributed by atoms with Crippen molar-refractivity contribution in [3.05, 3.63) is 95.2 Å². The molecule has 1 amide bonds. The van der Waals surface area contributed by atoms with E-state index in [1.54, 1.807) is 0 Å². The third kappa shape index (κ3) is 3.28. The van der Waals surface area contributed by atoms with Crippen LogP contribution < -0.4 is 19.7 Å². The highest BCUT2D eigenvalue weighted by Crippen LogP contribution is 2.40. The molecule has 5 nitrogen and oxygen atoms in total. The summed E-state index contributed by atoms with van der Waals surface area (Å²) in [6.07, 6.45) is 1.97. The molecule has 0 saturated carbocycles. The number of rotatable bonds is 4. The van der Waals surface area contributed by atoms with Crippen LogP contribution in [0.1, 0.15) is 22.7 Å². The standard InChI is InChI=1S/C25H22N2O3/c1-16-3-8-19(9-4-16)26-21-14-22(18-7-12-23-24(13-18)30-15-29-23)27(25(21)28)20-10-5-17(2)6-11-20/h3-14,22,26H,15H2,1-2H3/t22-/m0/s1. The van der Waals surface area contributed by atoms with E-state index in [1.165, 1.54) is 5.56 Å². The van der Waals surface area contributed by atoms with Gasteiger partial charge in [-0.1, -0.05) is 41.5 Å². The number of amides is 1. The minimum atomic E-state index is -0.248. The number of aryl methyl sites for hydroxylation is 2. The average Bonchev–Trinajstić information content (AvgIpc) is 3.35. The number of hydrogen-bond acceptors (Lipinski definition) is 4. The molecule has 1 N–H and O–H groups in total. The van der Waals surface area contributed by atoms with E-state index in [0.29, 0.717) is 11.4 Å². The Bertz CT molecular complexity index is 1130. The van der Waals surface area contributed by atoms with Gasteiger partial charge >= 0.3 is 0 Å². The van der Waals surface area contributed by atoms with Crippen LogP contribution in [-0.4, -0.2) is 12.7 Å². The monoisotopic (exact) mass is 398 g/mol. The van der Waals surface area contributed by atoms with E-state index in [9.17, 15) is 4.79 Å². The first-order valence-corrected chi connectivity index (χ1v) is 9.94. The summed E-state index contributed by atoms with van der Waals surface area (Å²) in [5.41, 5.74) is 5.58. The molecule has 0 bridgehead atoms. The van der Waals surface area contributed by atoms with Crippen LogP contribution in [0.2, 0.25) is 0 Å². The fraction of sp³-hybridized carbons (Fsp3) is 0.160. The minimum absolute atomic E-state index is 0.0675. The second kappa shape index (κ2) is 7.26. The summed E-state index contributed by atoms with van der Waals surface area (Å²) in [6, 6.07) is 21.6. The Hall–Kier alpha value is -3.73. The van der Waals surface area contributed by atoms with Gasteiger partial charge in [-0.3, -0.25) is 9.69 Å². The predicted molar refractivity (Wildman–Crippen MR) is 117 cm³/mol. The van der Waals surface area contributed by atoms with Crippen molar-refractivity contribution in [3.63, 3.8) is 0 Å². The second-order valence-electron chi connectivity index (χ2n) is 7.64. The Morgan fingerprint density at radius 2 is 1.53 bits per heavy atom. The molecule has 2 aliphatic rings. The topological polar surface area (TPSA) is 50.8 Å². The minimum Gasteiger partial charge on any atom is -0.454 e. The molecule has 150 valence electrons. The van der Waals surface area contributed by atoms with Gasteiger partial charge in [-0.2, -0.15) is 0 Å². The van der Waals surface area contributed by atoms with Crippen LogP contribution in [0.4, 0.5) is 11.4 Å². The van der Waals surface area contributed by atoms with Crippen LogP contribution in [0.5, 0.6) is 11.5 Å². The van der Waals surface area contributed by atoms with Gasteiger partial charge < -0.3 is 14.8 Å². The fourth-order valence-corrected chi connectivity index (χ4v) is 3.77. The van der Waals surface area contributed by atoms with E-state index in [-0.39, 0.29) is 18.7 Å². The number of hydrogen-bond donors (Lipinski definition) is 1. The summed E-state index contributed by atoms with van der Waals surface area (Å²) in [7, 11) is 0. The van der Waals surface area contributed by atoms with Crippen LogP contribution in [0, 0.1) is 13.8 Å². The fourth-order valence-electron chi connectivity index (χ4n) is 3.77. The first-order chi connectivity index (χ1) is 14.6. The molecule has 0 saturated heterocycles. The Morgan fingerprint density at radius 1 is 0.867 bits per heavy atom. The Kier molecular flexibility index (Phi) is 4.43. The Labute approximate surface area is 175 Å². The summed E-state index contributed by atoms with van der Waals surface area (Å²) >= 11 is 0. The molecule has 2 aliphatic heterocycles. The molecular formula is C25H22N2O3. The van der Waals surface area contributed by atoms with Gasteiger partial charge in [0.25, 0.3) is 5.91 Å². The van der Waals surface area contributed by atoms with Crippen molar-refractivity contribution in [2.75, 3.05) is 17.0 Å². The summed E-state index contributed by atoms with van der Waals surface area (Å²) in [6.45, 7) is 4.30.